The number of halogens is 1. The number of hydrogen-bond acceptors (Lipinski definition) is 3. The fourth-order valence-corrected chi connectivity index (χ4v) is 1.95. The molecule has 0 atom stereocenters. The molecule has 0 aromatic heterocycles. The van der Waals surface area contributed by atoms with Crippen LogP contribution in [0.15, 0.2) is 48.5 Å². The van der Waals surface area contributed by atoms with Crippen LogP contribution in [0.2, 0.25) is 0 Å². The van der Waals surface area contributed by atoms with Crippen LogP contribution >= 0.6 is 22.6 Å². The molecule has 0 radical (unpaired) electrons. The van der Waals surface area contributed by atoms with Gasteiger partial charge in [-0.3, -0.25) is 9.59 Å². The number of nitrogens with one attached hydrogen (secondary N) is 1. The SMILES string of the molecule is NC(=O)c1ccc(OCC(=O)Nc2ccc(I)cc2)cc1. The Morgan fingerprint density at radius 1 is 1.05 bits per heavy atom. The monoisotopic (exact) mass is 396 g/mol. The van der Waals surface area contributed by atoms with Gasteiger partial charge in [-0.2, -0.15) is 0 Å². The summed E-state index contributed by atoms with van der Waals surface area (Å²) in [6.07, 6.45) is 0. The molecule has 2 aromatic rings. The molecular formula is C15H13IN2O3. The van der Waals surface area contributed by atoms with E-state index in [9.17, 15) is 9.59 Å². The number of ether oxygens (including phenoxy) is 1. The van der Waals surface area contributed by atoms with Gasteiger partial charge in [0.15, 0.2) is 6.61 Å². The fraction of sp³-hybridized carbons (Fsp3) is 0.0667. The third-order valence-electron chi connectivity index (χ3n) is 2.64. The Bertz CT molecular complexity index is 639. The van der Waals surface area contributed by atoms with E-state index in [-0.39, 0.29) is 12.5 Å². The molecule has 3 N–H and O–H groups in total. The predicted octanol–water partition coefficient (Wildman–Crippen LogP) is 2.41. The second-order valence-corrected chi connectivity index (χ2v) is 5.48. The Morgan fingerprint density at radius 3 is 2.24 bits per heavy atom. The highest BCUT2D eigenvalue weighted by atomic mass is 127. The Morgan fingerprint density at radius 2 is 1.67 bits per heavy atom. The Balaban J connectivity index is 1.86. The summed E-state index contributed by atoms with van der Waals surface area (Å²) in [6, 6.07) is 13.7. The van der Waals surface area contributed by atoms with Crippen molar-refractivity contribution in [1.29, 1.82) is 0 Å². The van der Waals surface area contributed by atoms with Crippen molar-refractivity contribution in [3.63, 3.8) is 0 Å². The van der Waals surface area contributed by atoms with E-state index in [0.29, 0.717) is 17.0 Å². The summed E-state index contributed by atoms with van der Waals surface area (Å²) in [5.41, 5.74) is 6.25. The highest BCUT2D eigenvalue weighted by Gasteiger charge is 2.05. The molecule has 6 heteroatoms. The Hall–Kier alpha value is -2.09. The van der Waals surface area contributed by atoms with Crippen LogP contribution in [0.25, 0.3) is 0 Å². The number of carbonyl (C=O) groups excluding carboxylic acids is 2. The molecule has 0 heterocycles. The predicted molar refractivity (Wildman–Crippen MR) is 88.2 cm³/mol. The van der Waals surface area contributed by atoms with E-state index in [4.69, 9.17) is 10.5 Å². The first kappa shape index (κ1) is 15.3. The van der Waals surface area contributed by atoms with E-state index in [2.05, 4.69) is 27.9 Å². The molecule has 0 saturated carbocycles. The first-order valence-electron chi connectivity index (χ1n) is 6.12. The average molecular weight is 396 g/mol. The van der Waals surface area contributed by atoms with Crippen LogP contribution in [0.4, 0.5) is 5.69 Å². The van der Waals surface area contributed by atoms with Gasteiger partial charge in [-0.15, -0.1) is 0 Å². The number of anilines is 1. The van der Waals surface area contributed by atoms with Gasteiger partial charge in [0.2, 0.25) is 5.91 Å². The maximum absolute atomic E-state index is 11.7. The van der Waals surface area contributed by atoms with Crippen molar-refractivity contribution in [2.75, 3.05) is 11.9 Å². The van der Waals surface area contributed by atoms with Crippen LogP contribution in [-0.2, 0) is 4.79 Å². The van der Waals surface area contributed by atoms with Crippen LogP contribution in [0.1, 0.15) is 10.4 Å². The average Bonchev–Trinajstić information content (AvgIpc) is 2.48. The number of amides is 2. The summed E-state index contributed by atoms with van der Waals surface area (Å²) in [4.78, 5) is 22.7. The minimum atomic E-state index is -0.502. The zero-order valence-electron chi connectivity index (χ0n) is 11.0. The van der Waals surface area contributed by atoms with Crippen molar-refractivity contribution >= 4 is 40.1 Å². The quantitative estimate of drug-likeness (QED) is 0.762. The molecule has 0 saturated heterocycles. The van der Waals surface area contributed by atoms with E-state index in [1.165, 1.54) is 0 Å². The lowest BCUT2D eigenvalue weighted by atomic mass is 10.2. The number of nitrogens with two attached hydrogens (primary N) is 1. The lowest BCUT2D eigenvalue weighted by Crippen LogP contribution is -2.20. The minimum Gasteiger partial charge on any atom is -0.484 e. The number of rotatable bonds is 5. The topological polar surface area (TPSA) is 81.4 Å². The van der Waals surface area contributed by atoms with E-state index < -0.39 is 5.91 Å². The molecule has 2 amide bonds. The first-order chi connectivity index (χ1) is 10.0. The van der Waals surface area contributed by atoms with E-state index in [1.54, 1.807) is 24.3 Å². The van der Waals surface area contributed by atoms with Crippen molar-refractivity contribution in [3.05, 3.63) is 57.7 Å². The van der Waals surface area contributed by atoms with Crippen molar-refractivity contribution in [3.8, 4) is 5.75 Å². The van der Waals surface area contributed by atoms with Crippen LogP contribution < -0.4 is 15.8 Å². The molecule has 2 rings (SSSR count). The molecule has 0 bridgehead atoms. The largest absolute Gasteiger partial charge is 0.484 e. The van der Waals surface area contributed by atoms with Gasteiger partial charge in [0.05, 0.1) is 0 Å². The lowest BCUT2D eigenvalue weighted by Gasteiger charge is -2.08. The maximum atomic E-state index is 11.7. The van der Waals surface area contributed by atoms with Crippen molar-refractivity contribution in [1.82, 2.24) is 0 Å². The standard InChI is InChI=1S/C15H13IN2O3/c16-11-3-5-12(6-4-11)18-14(19)9-21-13-7-1-10(2-8-13)15(17)20/h1-8H,9H2,(H2,17,20)(H,18,19). The van der Waals surface area contributed by atoms with Crippen LogP contribution in [0, 0.1) is 3.57 Å². The maximum Gasteiger partial charge on any atom is 0.262 e. The first-order valence-corrected chi connectivity index (χ1v) is 7.20. The van der Waals surface area contributed by atoms with Gasteiger partial charge >= 0.3 is 0 Å². The van der Waals surface area contributed by atoms with E-state index >= 15 is 0 Å². The summed E-state index contributed by atoms with van der Waals surface area (Å²) >= 11 is 2.19. The van der Waals surface area contributed by atoms with Crippen LogP contribution in [0.3, 0.4) is 0 Å². The number of carbonyl (C=O) groups is 2. The van der Waals surface area contributed by atoms with Gasteiger partial charge in [-0.1, -0.05) is 0 Å². The van der Waals surface area contributed by atoms with Gasteiger partial charge in [0.25, 0.3) is 5.91 Å². The summed E-state index contributed by atoms with van der Waals surface area (Å²) in [6.45, 7) is -0.109. The van der Waals surface area contributed by atoms with Gasteiger partial charge in [0.1, 0.15) is 5.75 Å². The van der Waals surface area contributed by atoms with Gasteiger partial charge in [-0.25, -0.2) is 0 Å². The van der Waals surface area contributed by atoms with Crippen molar-refractivity contribution in [2.45, 2.75) is 0 Å². The number of benzene rings is 2. The molecule has 108 valence electrons. The third kappa shape index (κ3) is 4.75. The normalized spacial score (nSPS) is 9.95. The molecule has 0 spiro atoms. The highest BCUT2D eigenvalue weighted by molar-refractivity contribution is 14.1. The fourth-order valence-electron chi connectivity index (χ4n) is 1.59. The van der Waals surface area contributed by atoms with Crippen molar-refractivity contribution in [2.24, 2.45) is 5.73 Å². The molecule has 0 unspecified atom stereocenters. The third-order valence-corrected chi connectivity index (χ3v) is 3.36. The molecule has 0 aliphatic heterocycles. The van der Waals surface area contributed by atoms with Crippen LogP contribution in [0.5, 0.6) is 5.75 Å². The second-order valence-electron chi connectivity index (χ2n) is 4.23. The van der Waals surface area contributed by atoms with Gasteiger partial charge < -0.3 is 15.8 Å². The number of hydrogen-bond donors (Lipinski definition) is 2. The van der Waals surface area contributed by atoms with Gasteiger partial charge in [0, 0.05) is 14.8 Å². The lowest BCUT2D eigenvalue weighted by molar-refractivity contribution is -0.118. The molecule has 2 aromatic carbocycles. The van der Waals surface area contributed by atoms with Crippen molar-refractivity contribution < 1.29 is 14.3 Å². The molecule has 0 aliphatic rings. The zero-order chi connectivity index (χ0) is 15.2. The Labute approximate surface area is 135 Å². The van der Waals surface area contributed by atoms with Gasteiger partial charge in [-0.05, 0) is 71.1 Å². The highest BCUT2D eigenvalue weighted by Crippen LogP contribution is 2.13. The van der Waals surface area contributed by atoms with Crippen LogP contribution in [-0.4, -0.2) is 18.4 Å². The number of primary amides is 1. The zero-order valence-corrected chi connectivity index (χ0v) is 13.2. The molecular weight excluding hydrogens is 383 g/mol. The molecule has 0 fully saturated rings. The van der Waals surface area contributed by atoms with E-state index in [1.807, 2.05) is 24.3 Å². The molecule has 5 nitrogen and oxygen atoms in total. The van der Waals surface area contributed by atoms with E-state index in [0.717, 1.165) is 3.57 Å². The second kappa shape index (κ2) is 7.07. The smallest absolute Gasteiger partial charge is 0.262 e. The summed E-state index contributed by atoms with van der Waals surface area (Å²) < 4.78 is 6.43. The summed E-state index contributed by atoms with van der Waals surface area (Å²) in [5, 5.41) is 2.73. The minimum absolute atomic E-state index is 0.109. The Kier molecular flexibility index (Phi) is 5.15. The molecule has 0 aliphatic carbocycles. The summed E-state index contributed by atoms with van der Waals surface area (Å²) in [5.74, 6) is -0.258. The summed E-state index contributed by atoms with van der Waals surface area (Å²) in [7, 11) is 0. The molecule has 21 heavy (non-hydrogen) atoms.